The smallest absolute Gasteiger partial charge is 0.325 e. The van der Waals surface area contributed by atoms with Crippen LogP contribution in [0.1, 0.15) is 56.9 Å². The van der Waals surface area contributed by atoms with E-state index in [0.717, 1.165) is 37.0 Å². The van der Waals surface area contributed by atoms with Crippen LogP contribution in [0.25, 0.3) is 0 Å². The van der Waals surface area contributed by atoms with Crippen LogP contribution in [0.2, 0.25) is 0 Å². The molecule has 0 radical (unpaired) electrons. The van der Waals surface area contributed by atoms with Gasteiger partial charge in [0.15, 0.2) is 0 Å². The zero-order valence-electron chi connectivity index (χ0n) is 16.4. The van der Waals surface area contributed by atoms with Crippen molar-refractivity contribution in [3.63, 3.8) is 0 Å². The van der Waals surface area contributed by atoms with E-state index in [0.29, 0.717) is 6.42 Å². The maximum atomic E-state index is 12.6. The summed E-state index contributed by atoms with van der Waals surface area (Å²) in [6.45, 7) is 0.208. The Kier molecular flexibility index (Phi) is 6.90. The molecule has 152 valence electrons. The quantitative estimate of drug-likeness (QED) is 0.556. The van der Waals surface area contributed by atoms with Crippen molar-refractivity contribution in [2.75, 3.05) is 7.11 Å². The topological polar surface area (TPSA) is 87.7 Å². The first-order chi connectivity index (χ1) is 13.6. The van der Waals surface area contributed by atoms with Gasteiger partial charge in [-0.25, -0.2) is 4.79 Å². The molecular weight excluding hydrogens is 358 g/mol. The van der Waals surface area contributed by atoms with Crippen molar-refractivity contribution in [1.29, 1.82) is 0 Å². The second-order valence-corrected chi connectivity index (χ2v) is 7.57. The number of rotatable bonds is 7. The van der Waals surface area contributed by atoms with Gasteiger partial charge in [0.2, 0.25) is 5.91 Å². The number of nitrogens with one attached hydrogen (secondary N) is 2. The van der Waals surface area contributed by atoms with Crippen LogP contribution in [0.4, 0.5) is 4.79 Å². The first-order valence-corrected chi connectivity index (χ1v) is 10.1. The van der Waals surface area contributed by atoms with E-state index in [1.807, 2.05) is 12.1 Å². The molecule has 2 N–H and O–H groups in total. The van der Waals surface area contributed by atoms with Gasteiger partial charge in [-0.05, 0) is 37.0 Å². The summed E-state index contributed by atoms with van der Waals surface area (Å²) in [6.07, 6.45) is 7.40. The van der Waals surface area contributed by atoms with Gasteiger partial charge in [-0.15, -0.1) is 0 Å². The van der Waals surface area contributed by atoms with E-state index in [4.69, 9.17) is 4.74 Å². The van der Waals surface area contributed by atoms with Gasteiger partial charge in [-0.1, -0.05) is 37.8 Å². The number of benzene rings is 1. The van der Waals surface area contributed by atoms with E-state index < -0.39 is 12.1 Å². The van der Waals surface area contributed by atoms with E-state index in [2.05, 4.69) is 10.6 Å². The van der Waals surface area contributed by atoms with Crippen molar-refractivity contribution in [2.24, 2.45) is 0 Å². The highest BCUT2D eigenvalue weighted by atomic mass is 16.5. The van der Waals surface area contributed by atoms with Gasteiger partial charge < -0.3 is 15.4 Å². The van der Waals surface area contributed by atoms with Gasteiger partial charge in [0.05, 0.1) is 13.7 Å². The van der Waals surface area contributed by atoms with Crippen LogP contribution in [-0.4, -0.2) is 41.9 Å². The van der Waals surface area contributed by atoms with Crippen molar-refractivity contribution in [3.05, 3.63) is 29.8 Å². The standard InChI is InChI=1S/C21H29N3O4/c1-28-17-10-8-15(9-11-17)14-24-20(26)18(23-21(24)27)12-13-19(25)22-16-6-4-2-3-5-7-16/h8-11,16,18H,2-7,12-14H2,1H3,(H,22,25)(H,23,27)/t18-/m0/s1. The molecule has 0 spiro atoms. The van der Waals surface area contributed by atoms with Crippen LogP contribution in [-0.2, 0) is 16.1 Å². The van der Waals surface area contributed by atoms with Crippen LogP contribution in [0.3, 0.4) is 0 Å². The number of hydrogen-bond donors (Lipinski definition) is 2. The molecule has 1 atom stereocenters. The summed E-state index contributed by atoms with van der Waals surface area (Å²) in [6, 6.07) is 6.45. The van der Waals surface area contributed by atoms with E-state index >= 15 is 0 Å². The van der Waals surface area contributed by atoms with Gasteiger partial charge in [-0.3, -0.25) is 14.5 Å². The molecule has 3 rings (SSSR count). The van der Waals surface area contributed by atoms with Crippen LogP contribution < -0.4 is 15.4 Å². The third-order valence-electron chi connectivity index (χ3n) is 5.49. The largest absolute Gasteiger partial charge is 0.497 e. The fourth-order valence-corrected chi connectivity index (χ4v) is 3.83. The molecule has 0 unspecified atom stereocenters. The number of hydrogen-bond acceptors (Lipinski definition) is 4. The summed E-state index contributed by atoms with van der Waals surface area (Å²) >= 11 is 0. The third kappa shape index (κ3) is 5.24. The fourth-order valence-electron chi connectivity index (χ4n) is 3.83. The second kappa shape index (κ2) is 9.57. The molecule has 2 fully saturated rings. The Morgan fingerprint density at radius 2 is 1.82 bits per heavy atom. The maximum absolute atomic E-state index is 12.6. The zero-order valence-corrected chi connectivity index (χ0v) is 16.4. The number of urea groups is 1. The van der Waals surface area contributed by atoms with Gasteiger partial charge in [-0.2, -0.15) is 0 Å². The molecule has 1 heterocycles. The SMILES string of the molecule is COc1ccc(CN2C(=O)N[C@@H](CCC(=O)NC3CCCCCC3)C2=O)cc1. The lowest BCUT2D eigenvalue weighted by Gasteiger charge is -2.17. The lowest BCUT2D eigenvalue weighted by Crippen LogP contribution is -2.36. The second-order valence-electron chi connectivity index (χ2n) is 7.57. The van der Waals surface area contributed by atoms with Gasteiger partial charge in [0.1, 0.15) is 11.8 Å². The maximum Gasteiger partial charge on any atom is 0.325 e. The number of carbonyl (C=O) groups is 3. The van der Waals surface area contributed by atoms with Crippen LogP contribution in [0.5, 0.6) is 5.75 Å². The molecule has 1 aromatic carbocycles. The highest BCUT2D eigenvalue weighted by molar-refractivity contribution is 6.04. The Morgan fingerprint density at radius 1 is 1.14 bits per heavy atom. The Bertz CT molecular complexity index is 696. The minimum atomic E-state index is -0.634. The van der Waals surface area contributed by atoms with Crippen molar-refractivity contribution in [1.82, 2.24) is 15.5 Å². The monoisotopic (exact) mass is 387 g/mol. The molecule has 1 saturated heterocycles. The minimum absolute atomic E-state index is 0.0393. The van der Waals surface area contributed by atoms with E-state index in [1.165, 1.54) is 17.7 Å². The summed E-state index contributed by atoms with van der Waals surface area (Å²) < 4.78 is 5.12. The highest BCUT2D eigenvalue weighted by Crippen LogP contribution is 2.19. The lowest BCUT2D eigenvalue weighted by atomic mass is 10.1. The number of imide groups is 1. The Morgan fingerprint density at radius 3 is 2.46 bits per heavy atom. The molecule has 7 nitrogen and oxygen atoms in total. The van der Waals surface area contributed by atoms with Crippen LogP contribution in [0, 0.1) is 0 Å². The summed E-state index contributed by atoms with van der Waals surface area (Å²) in [5.74, 6) is 0.407. The van der Waals surface area contributed by atoms with Gasteiger partial charge >= 0.3 is 6.03 Å². The molecule has 0 bridgehead atoms. The van der Waals surface area contributed by atoms with Gasteiger partial charge in [0, 0.05) is 12.5 Å². The molecule has 2 aliphatic rings. The molecule has 0 aromatic heterocycles. The number of methoxy groups -OCH3 is 1. The highest BCUT2D eigenvalue weighted by Gasteiger charge is 2.37. The Labute approximate surface area is 165 Å². The Hall–Kier alpha value is -2.57. The minimum Gasteiger partial charge on any atom is -0.497 e. The fraction of sp³-hybridized carbons (Fsp3) is 0.571. The van der Waals surface area contributed by atoms with E-state index in [1.54, 1.807) is 19.2 Å². The predicted octanol–water partition coefficient (Wildman–Crippen LogP) is 2.73. The first kappa shape index (κ1) is 20.2. The molecular formula is C21H29N3O4. The first-order valence-electron chi connectivity index (χ1n) is 10.1. The average Bonchev–Trinajstić information content (AvgIpc) is 2.86. The number of amides is 4. The lowest BCUT2D eigenvalue weighted by molar-refractivity contribution is -0.128. The molecule has 1 aromatic rings. The van der Waals surface area contributed by atoms with E-state index in [-0.39, 0.29) is 30.8 Å². The summed E-state index contributed by atoms with van der Waals surface area (Å²) in [5.41, 5.74) is 0.844. The molecule has 1 aliphatic carbocycles. The molecule has 4 amide bonds. The number of nitrogens with zero attached hydrogens (tertiary/aromatic N) is 1. The van der Waals surface area contributed by atoms with Crippen LogP contribution >= 0.6 is 0 Å². The van der Waals surface area contributed by atoms with Crippen molar-refractivity contribution >= 4 is 17.8 Å². The third-order valence-corrected chi connectivity index (χ3v) is 5.49. The normalized spacial score (nSPS) is 20.6. The number of carbonyl (C=O) groups excluding carboxylic acids is 3. The van der Waals surface area contributed by atoms with Gasteiger partial charge in [0.25, 0.3) is 5.91 Å². The summed E-state index contributed by atoms with van der Waals surface area (Å²) in [5, 5.41) is 5.78. The predicted molar refractivity (Wildman–Crippen MR) is 105 cm³/mol. The average molecular weight is 387 g/mol. The molecule has 1 aliphatic heterocycles. The summed E-state index contributed by atoms with van der Waals surface area (Å²) in [7, 11) is 1.59. The Balaban J connectivity index is 1.47. The van der Waals surface area contributed by atoms with Crippen molar-refractivity contribution < 1.29 is 19.1 Å². The van der Waals surface area contributed by atoms with Crippen LogP contribution in [0.15, 0.2) is 24.3 Å². The zero-order chi connectivity index (χ0) is 19.9. The number of ether oxygens (including phenoxy) is 1. The van der Waals surface area contributed by atoms with Crippen molar-refractivity contribution in [2.45, 2.75) is 70.0 Å². The molecule has 7 heteroatoms. The molecule has 28 heavy (non-hydrogen) atoms. The van der Waals surface area contributed by atoms with E-state index in [9.17, 15) is 14.4 Å². The summed E-state index contributed by atoms with van der Waals surface area (Å²) in [4.78, 5) is 38.2. The molecule has 1 saturated carbocycles. The van der Waals surface area contributed by atoms with Crippen molar-refractivity contribution in [3.8, 4) is 5.75 Å².